The first-order valence-corrected chi connectivity index (χ1v) is 10.4. The number of methoxy groups -OCH3 is 1. The van der Waals surface area contributed by atoms with Gasteiger partial charge in [0.2, 0.25) is 0 Å². The van der Waals surface area contributed by atoms with Crippen molar-refractivity contribution < 1.29 is 9.84 Å². The highest BCUT2D eigenvalue weighted by molar-refractivity contribution is 5.84. The van der Waals surface area contributed by atoms with Gasteiger partial charge in [0, 0.05) is 30.2 Å². The largest absolute Gasteiger partial charge is 0.496 e. The lowest BCUT2D eigenvalue weighted by molar-refractivity contribution is 0.247. The van der Waals surface area contributed by atoms with Gasteiger partial charge in [0.05, 0.1) is 36.0 Å². The van der Waals surface area contributed by atoms with Crippen molar-refractivity contribution in [2.45, 2.75) is 39.7 Å². The van der Waals surface area contributed by atoms with Crippen LogP contribution in [0.4, 0.5) is 0 Å². The van der Waals surface area contributed by atoms with E-state index in [1.54, 1.807) is 18.0 Å². The number of aromatic nitrogens is 5. The Hall–Kier alpha value is -3.45. The molecule has 0 unspecified atom stereocenters. The summed E-state index contributed by atoms with van der Waals surface area (Å²) in [5, 5.41) is 14.7. The van der Waals surface area contributed by atoms with Crippen molar-refractivity contribution in [3.8, 4) is 22.7 Å². The van der Waals surface area contributed by atoms with Gasteiger partial charge in [-0.05, 0) is 62.9 Å². The van der Waals surface area contributed by atoms with Gasteiger partial charge in [-0.2, -0.15) is 5.10 Å². The van der Waals surface area contributed by atoms with Gasteiger partial charge in [0.15, 0.2) is 5.65 Å². The highest BCUT2D eigenvalue weighted by Crippen LogP contribution is 2.38. The SMILES string of the molecule is COc1cc(-n2cccn2)ccc1-c1nc2c(C)cn(C(=C3CC3)[C@@H](C)O)c2nc1C. The summed E-state index contributed by atoms with van der Waals surface area (Å²) in [4.78, 5) is 9.91. The molecule has 7 nitrogen and oxygen atoms in total. The van der Waals surface area contributed by atoms with Crippen molar-refractivity contribution in [2.75, 3.05) is 7.11 Å². The van der Waals surface area contributed by atoms with Crippen LogP contribution in [0.1, 0.15) is 31.0 Å². The van der Waals surface area contributed by atoms with Gasteiger partial charge in [0.1, 0.15) is 11.3 Å². The van der Waals surface area contributed by atoms with E-state index in [-0.39, 0.29) is 0 Å². The second kappa shape index (κ2) is 7.35. The summed E-state index contributed by atoms with van der Waals surface area (Å²) >= 11 is 0. The van der Waals surface area contributed by atoms with Gasteiger partial charge in [0.25, 0.3) is 0 Å². The van der Waals surface area contributed by atoms with Gasteiger partial charge in [-0.25, -0.2) is 14.6 Å². The molecule has 5 rings (SSSR count). The van der Waals surface area contributed by atoms with E-state index in [9.17, 15) is 5.11 Å². The molecule has 1 fully saturated rings. The summed E-state index contributed by atoms with van der Waals surface area (Å²) in [6, 6.07) is 7.83. The standard InChI is InChI=1S/C24H25N5O2/c1-14-13-28(23(16(3)30)17-6-7-17)24-21(14)27-22(15(2)26-24)19-9-8-18(12-20(19)31-4)29-11-5-10-25-29/h5,8-13,16,30H,6-7H2,1-4H3/t16-/m1/s1. The predicted octanol–water partition coefficient (Wildman–Crippen LogP) is 4.30. The third-order valence-corrected chi connectivity index (χ3v) is 5.70. The highest BCUT2D eigenvalue weighted by atomic mass is 16.5. The topological polar surface area (TPSA) is 78.0 Å². The Bertz CT molecular complexity index is 1310. The number of nitrogens with zero attached hydrogens (tertiary/aromatic N) is 5. The fraction of sp³-hybridized carbons (Fsp3) is 0.292. The Morgan fingerprint density at radius 3 is 2.65 bits per heavy atom. The predicted molar refractivity (Wildman–Crippen MR) is 120 cm³/mol. The number of ether oxygens (including phenoxy) is 1. The van der Waals surface area contributed by atoms with Crippen molar-refractivity contribution in [1.82, 2.24) is 24.3 Å². The molecule has 7 heteroatoms. The van der Waals surface area contributed by atoms with Gasteiger partial charge in [-0.15, -0.1) is 0 Å². The quantitative estimate of drug-likeness (QED) is 0.526. The summed E-state index contributed by atoms with van der Waals surface area (Å²) in [7, 11) is 1.66. The molecule has 3 aromatic heterocycles. The summed E-state index contributed by atoms with van der Waals surface area (Å²) in [5.74, 6) is 0.714. The average molecular weight is 415 g/mol. The lowest BCUT2D eigenvalue weighted by Gasteiger charge is -2.15. The van der Waals surface area contributed by atoms with Crippen molar-refractivity contribution in [2.24, 2.45) is 0 Å². The second-order valence-electron chi connectivity index (χ2n) is 8.01. The molecule has 1 N–H and O–H groups in total. The van der Waals surface area contributed by atoms with Crippen LogP contribution in [0.5, 0.6) is 5.75 Å². The summed E-state index contributed by atoms with van der Waals surface area (Å²) in [6.07, 6.45) is 7.18. The molecular weight excluding hydrogens is 390 g/mol. The zero-order chi connectivity index (χ0) is 21.7. The van der Waals surface area contributed by atoms with Crippen LogP contribution >= 0.6 is 0 Å². The number of aliphatic hydroxyl groups excluding tert-OH is 1. The molecule has 0 saturated heterocycles. The van der Waals surface area contributed by atoms with Crippen LogP contribution in [-0.2, 0) is 0 Å². The van der Waals surface area contributed by atoms with Crippen molar-refractivity contribution in [3.05, 3.63) is 59.7 Å². The molecule has 1 aromatic carbocycles. The molecule has 1 aliphatic carbocycles. The molecule has 1 atom stereocenters. The van der Waals surface area contributed by atoms with Crippen molar-refractivity contribution in [3.63, 3.8) is 0 Å². The minimum atomic E-state index is -0.552. The first kappa shape index (κ1) is 19.5. The number of rotatable bonds is 5. The van der Waals surface area contributed by atoms with Gasteiger partial charge >= 0.3 is 0 Å². The molecule has 1 saturated carbocycles. The number of aliphatic hydroxyl groups is 1. The zero-order valence-corrected chi connectivity index (χ0v) is 18.1. The van der Waals surface area contributed by atoms with Crippen LogP contribution in [0, 0.1) is 13.8 Å². The Labute approximate surface area is 180 Å². The first-order chi connectivity index (χ1) is 15.0. The van der Waals surface area contributed by atoms with E-state index >= 15 is 0 Å². The maximum atomic E-state index is 10.4. The van der Waals surface area contributed by atoms with E-state index < -0.39 is 6.10 Å². The van der Waals surface area contributed by atoms with Crippen LogP contribution in [0.2, 0.25) is 0 Å². The molecular formula is C24H25N5O2. The summed E-state index contributed by atoms with van der Waals surface area (Å²) in [6.45, 7) is 5.80. The van der Waals surface area contributed by atoms with Crippen LogP contribution < -0.4 is 4.74 Å². The smallest absolute Gasteiger partial charge is 0.163 e. The molecule has 158 valence electrons. The minimum Gasteiger partial charge on any atom is -0.496 e. The molecule has 0 radical (unpaired) electrons. The molecule has 31 heavy (non-hydrogen) atoms. The molecule has 0 amide bonds. The molecule has 1 aliphatic rings. The molecule has 3 heterocycles. The average Bonchev–Trinajstić information content (AvgIpc) is 3.32. The lowest BCUT2D eigenvalue weighted by Crippen LogP contribution is -2.11. The first-order valence-electron chi connectivity index (χ1n) is 10.4. The number of allylic oxidation sites excluding steroid dienone is 1. The van der Waals surface area contributed by atoms with Crippen LogP contribution in [-0.4, -0.2) is 42.6 Å². The Morgan fingerprint density at radius 1 is 1.19 bits per heavy atom. The van der Waals surface area contributed by atoms with Crippen LogP contribution in [0.15, 0.2) is 48.4 Å². The lowest BCUT2D eigenvalue weighted by atomic mass is 10.1. The Balaban J connectivity index is 1.66. The fourth-order valence-corrected chi connectivity index (χ4v) is 4.12. The number of aryl methyl sites for hydroxylation is 2. The van der Waals surface area contributed by atoms with E-state index in [4.69, 9.17) is 14.7 Å². The maximum Gasteiger partial charge on any atom is 0.163 e. The van der Waals surface area contributed by atoms with E-state index in [1.165, 1.54) is 5.57 Å². The zero-order valence-electron chi connectivity index (χ0n) is 18.1. The van der Waals surface area contributed by atoms with E-state index in [2.05, 4.69) is 5.10 Å². The Kier molecular flexibility index (Phi) is 4.63. The molecule has 4 aromatic rings. The summed E-state index contributed by atoms with van der Waals surface area (Å²) in [5.41, 5.74) is 8.24. The molecule has 0 bridgehead atoms. The number of benzene rings is 1. The third kappa shape index (κ3) is 3.31. The number of hydrogen-bond acceptors (Lipinski definition) is 5. The second-order valence-corrected chi connectivity index (χ2v) is 8.01. The molecule has 0 spiro atoms. The van der Waals surface area contributed by atoms with Crippen molar-refractivity contribution in [1.29, 1.82) is 0 Å². The van der Waals surface area contributed by atoms with Crippen LogP contribution in [0.25, 0.3) is 33.8 Å². The van der Waals surface area contributed by atoms with E-state index in [1.807, 2.05) is 62.0 Å². The Morgan fingerprint density at radius 2 is 2.00 bits per heavy atom. The fourth-order valence-electron chi connectivity index (χ4n) is 4.12. The van der Waals surface area contributed by atoms with E-state index in [0.29, 0.717) is 5.75 Å². The van der Waals surface area contributed by atoms with Crippen LogP contribution in [0.3, 0.4) is 0 Å². The van der Waals surface area contributed by atoms with E-state index in [0.717, 1.165) is 57.9 Å². The molecule has 0 aliphatic heterocycles. The monoisotopic (exact) mass is 415 g/mol. The number of hydrogen-bond donors (Lipinski definition) is 1. The maximum absolute atomic E-state index is 10.4. The summed E-state index contributed by atoms with van der Waals surface area (Å²) < 4.78 is 9.50. The minimum absolute atomic E-state index is 0.552. The van der Waals surface area contributed by atoms with Gasteiger partial charge < -0.3 is 14.4 Å². The van der Waals surface area contributed by atoms with Gasteiger partial charge in [-0.1, -0.05) is 0 Å². The third-order valence-electron chi connectivity index (χ3n) is 5.70. The number of fused-ring (bicyclic) bond motifs is 1. The highest BCUT2D eigenvalue weighted by Gasteiger charge is 2.25. The van der Waals surface area contributed by atoms with Crippen molar-refractivity contribution >= 4 is 16.9 Å². The normalized spacial score (nSPS) is 14.2. The van der Waals surface area contributed by atoms with Gasteiger partial charge in [-0.3, -0.25) is 0 Å².